The van der Waals surface area contributed by atoms with Gasteiger partial charge in [-0.15, -0.1) is 11.3 Å². The summed E-state index contributed by atoms with van der Waals surface area (Å²) in [4.78, 5) is 0. The lowest BCUT2D eigenvalue weighted by Crippen LogP contribution is -1.78. The first kappa shape index (κ1) is 4.46. The summed E-state index contributed by atoms with van der Waals surface area (Å²) in [5, 5.41) is 2.59. The van der Waals surface area contributed by atoms with Crippen molar-refractivity contribution in [1.82, 2.24) is 0 Å². The Morgan fingerprint density at radius 2 is 2.14 bits per heavy atom. The van der Waals surface area contributed by atoms with Gasteiger partial charge in [0.2, 0.25) is 0 Å². The fourth-order valence-electron chi connectivity index (χ4n) is 0.368. The van der Waals surface area contributed by atoms with Crippen LogP contribution in [-0.2, 0) is 0 Å². The normalized spacial score (nSPS) is 9.14. The van der Waals surface area contributed by atoms with Crippen LogP contribution in [0.25, 0.3) is 0 Å². The Labute approximate surface area is 45.8 Å². The predicted octanol–water partition coefficient (Wildman–Crippen LogP) is 0.913. The molecule has 0 bridgehead atoms. The fraction of sp³-hybridized carbons (Fsp3) is 0. The number of hydrogen-bond acceptors (Lipinski definition) is 3. The average molecular weight is 114 g/mol. The van der Waals surface area contributed by atoms with Gasteiger partial charge in [0.1, 0.15) is 0 Å². The lowest BCUT2D eigenvalue weighted by atomic mass is 10.5. The van der Waals surface area contributed by atoms with Crippen LogP contribution in [-0.4, -0.2) is 0 Å². The van der Waals surface area contributed by atoms with Crippen molar-refractivity contribution in [3.8, 4) is 0 Å². The quantitative estimate of drug-likeness (QED) is 0.526. The summed E-state index contributed by atoms with van der Waals surface area (Å²) in [6.45, 7) is 0. The van der Waals surface area contributed by atoms with Crippen molar-refractivity contribution >= 4 is 22.0 Å². The van der Waals surface area contributed by atoms with E-state index < -0.39 is 0 Å². The molecule has 1 rings (SSSR count). The van der Waals surface area contributed by atoms with Crippen LogP contribution in [0.4, 0.5) is 10.7 Å². The molecule has 0 radical (unpaired) electrons. The van der Waals surface area contributed by atoms with Gasteiger partial charge in [0.15, 0.2) is 0 Å². The lowest BCUT2D eigenvalue weighted by Gasteiger charge is -1.73. The Hall–Kier alpha value is -0.700. The maximum atomic E-state index is 5.32. The molecule has 0 atom stereocenters. The summed E-state index contributed by atoms with van der Waals surface area (Å²) in [5.74, 6) is 0. The molecule has 0 amide bonds. The molecule has 0 spiro atoms. The minimum atomic E-state index is 0.752. The molecular weight excluding hydrogens is 108 g/mol. The van der Waals surface area contributed by atoms with Crippen molar-refractivity contribution in [2.75, 3.05) is 11.5 Å². The SMILES string of the molecule is Nc1csc(N)c1. The van der Waals surface area contributed by atoms with Gasteiger partial charge < -0.3 is 11.5 Å². The number of nitrogen functional groups attached to an aromatic ring is 2. The Balaban J connectivity index is 3.04. The molecule has 1 heterocycles. The van der Waals surface area contributed by atoms with Gasteiger partial charge in [0.25, 0.3) is 0 Å². The summed E-state index contributed by atoms with van der Waals surface area (Å²) >= 11 is 1.46. The molecule has 0 saturated carbocycles. The van der Waals surface area contributed by atoms with E-state index in [1.54, 1.807) is 6.07 Å². The molecule has 3 heteroatoms. The van der Waals surface area contributed by atoms with E-state index in [0.29, 0.717) is 0 Å². The van der Waals surface area contributed by atoms with Gasteiger partial charge >= 0.3 is 0 Å². The van der Waals surface area contributed by atoms with E-state index in [1.165, 1.54) is 11.3 Å². The first-order valence-electron chi connectivity index (χ1n) is 1.88. The van der Waals surface area contributed by atoms with Gasteiger partial charge in [-0.05, 0) is 6.07 Å². The van der Waals surface area contributed by atoms with E-state index in [2.05, 4.69) is 0 Å². The zero-order valence-corrected chi connectivity index (χ0v) is 4.53. The number of nitrogens with two attached hydrogens (primary N) is 2. The maximum absolute atomic E-state index is 5.32. The molecule has 0 aromatic carbocycles. The highest BCUT2D eigenvalue weighted by atomic mass is 32.1. The molecule has 1 aromatic rings. The standard InChI is InChI=1S/C4H6N2S/c5-3-1-4(6)7-2-3/h1-2H,5-6H2. The fourth-order valence-corrected chi connectivity index (χ4v) is 0.913. The Morgan fingerprint density at radius 1 is 1.43 bits per heavy atom. The molecular formula is C4H6N2S. The van der Waals surface area contributed by atoms with Crippen molar-refractivity contribution in [2.45, 2.75) is 0 Å². The van der Waals surface area contributed by atoms with Crippen LogP contribution in [0.15, 0.2) is 11.4 Å². The minimum Gasteiger partial charge on any atom is -0.398 e. The van der Waals surface area contributed by atoms with Crippen molar-refractivity contribution < 1.29 is 0 Å². The third-order valence-corrected chi connectivity index (χ3v) is 1.42. The first-order valence-corrected chi connectivity index (χ1v) is 2.76. The molecule has 0 aliphatic rings. The van der Waals surface area contributed by atoms with Crippen LogP contribution in [0, 0.1) is 0 Å². The smallest absolute Gasteiger partial charge is 0.0877 e. The van der Waals surface area contributed by atoms with Gasteiger partial charge in [0, 0.05) is 11.1 Å². The monoisotopic (exact) mass is 114 g/mol. The molecule has 0 aliphatic heterocycles. The molecule has 2 nitrogen and oxygen atoms in total. The zero-order chi connectivity index (χ0) is 5.28. The number of hydrogen-bond donors (Lipinski definition) is 2. The molecule has 0 saturated heterocycles. The largest absolute Gasteiger partial charge is 0.398 e. The highest BCUT2D eigenvalue weighted by molar-refractivity contribution is 7.14. The van der Waals surface area contributed by atoms with Crippen LogP contribution in [0.1, 0.15) is 0 Å². The second-order valence-corrected chi connectivity index (χ2v) is 2.23. The Morgan fingerprint density at radius 3 is 2.29 bits per heavy atom. The zero-order valence-electron chi connectivity index (χ0n) is 3.72. The first-order chi connectivity index (χ1) is 3.29. The lowest BCUT2D eigenvalue weighted by molar-refractivity contribution is 1.86. The van der Waals surface area contributed by atoms with Crippen molar-refractivity contribution in [3.63, 3.8) is 0 Å². The summed E-state index contributed by atoms with van der Waals surface area (Å²) < 4.78 is 0. The third-order valence-electron chi connectivity index (χ3n) is 0.640. The van der Waals surface area contributed by atoms with Crippen molar-refractivity contribution in [2.24, 2.45) is 0 Å². The van der Waals surface area contributed by atoms with Gasteiger partial charge in [0.05, 0.1) is 5.00 Å². The van der Waals surface area contributed by atoms with Crippen molar-refractivity contribution in [3.05, 3.63) is 11.4 Å². The van der Waals surface area contributed by atoms with E-state index in [-0.39, 0.29) is 0 Å². The molecule has 1 aromatic heterocycles. The average Bonchev–Trinajstić information content (AvgIpc) is 1.87. The van der Waals surface area contributed by atoms with Gasteiger partial charge in [-0.2, -0.15) is 0 Å². The highest BCUT2D eigenvalue weighted by Crippen LogP contribution is 2.16. The van der Waals surface area contributed by atoms with E-state index in [0.717, 1.165) is 10.7 Å². The second-order valence-electron chi connectivity index (χ2n) is 1.28. The van der Waals surface area contributed by atoms with Gasteiger partial charge in [-0.3, -0.25) is 0 Å². The molecule has 38 valence electrons. The third kappa shape index (κ3) is 0.838. The Bertz CT molecular complexity index is 142. The number of anilines is 2. The summed E-state index contributed by atoms with van der Waals surface area (Å²) in [5.41, 5.74) is 11.4. The molecule has 7 heavy (non-hydrogen) atoms. The van der Waals surface area contributed by atoms with Crippen LogP contribution in [0.5, 0.6) is 0 Å². The predicted molar refractivity (Wildman–Crippen MR) is 33.1 cm³/mol. The number of rotatable bonds is 0. The second kappa shape index (κ2) is 1.42. The topological polar surface area (TPSA) is 52.0 Å². The van der Waals surface area contributed by atoms with E-state index in [9.17, 15) is 0 Å². The highest BCUT2D eigenvalue weighted by Gasteiger charge is 1.85. The minimum absolute atomic E-state index is 0.752. The summed E-state index contributed by atoms with van der Waals surface area (Å²) in [7, 11) is 0. The van der Waals surface area contributed by atoms with Gasteiger partial charge in [-0.25, -0.2) is 0 Å². The molecule has 0 aliphatic carbocycles. The molecule has 0 unspecified atom stereocenters. The van der Waals surface area contributed by atoms with Crippen LogP contribution in [0.2, 0.25) is 0 Å². The maximum Gasteiger partial charge on any atom is 0.0877 e. The summed E-state index contributed by atoms with van der Waals surface area (Å²) in [6, 6.07) is 1.74. The Kier molecular flexibility index (Phi) is 0.906. The molecule has 0 fully saturated rings. The van der Waals surface area contributed by atoms with E-state index >= 15 is 0 Å². The van der Waals surface area contributed by atoms with Gasteiger partial charge in [-0.1, -0.05) is 0 Å². The van der Waals surface area contributed by atoms with E-state index in [1.807, 2.05) is 5.38 Å². The summed E-state index contributed by atoms with van der Waals surface area (Å²) in [6.07, 6.45) is 0. The van der Waals surface area contributed by atoms with Crippen LogP contribution < -0.4 is 11.5 Å². The van der Waals surface area contributed by atoms with E-state index in [4.69, 9.17) is 11.5 Å². The van der Waals surface area contributed by atoms with Crippen LogP contribution in [0.3, 0.4) is 0 Å². The van der Waals surface area contributed by atoms with Crippen molar-refractivity contribution in [1.29, 1.82) is 0 Å². The molecule has 4 N–H and O–H groups in total. The number of thiophene rings is 1. The van der Waals surface area contributed by atoms with Crippen LogP contribution >= 0.6 is 11.3 Å².